The van der Waals surface area contributed by atoms with E-state index in [1.165, 1.54) is 28.8 Å². The number of rotatable bonds is 7. The molecule has 3 nitrogen and oxygen atoms in total. The first kappa shape index (κ1) is 12.8. The van der Waals surface area contributed by atoms with Crippen LogP contribution in [-0.2, 0) is 4.57 Å². The minimum atomic E-state index is -2.52. The zero-order chi connectivity index (χ0) is 9.45. The quantitative estimate of drug-likeness (QED) is 0.408. The predicted molar refractivity (Wildman–Crippen MR) is 63.8 cm³/mol. The molecule has 0 aromatic carbocycles. The van der Waals surface area contributed by atoms with E-state index in [1.807, 2.05) is 13.2 Å². The molecular weight excluding hydrogens is 231 g/mol. The molecule has 0 spiro atoms. The smallest absolute Gasteiger partial charge is 0.299 e. The van der Waals surface area contributed by atoms with Gasteiger partial charge in [0.05, 0.1) is 5.49 Å². The van der Waals surface area contributed by atoms with E-state index in [9.17, 15) is 4.57 Å². The Hall–Kier alpha value is 0.780. The molecule has 0 saturated carbocycles. The number of thiocarbonyl (C=S) groups is 1. The summed E-state index contributed by atoms with van der Waals surface area (Å²) in [6, 6.07) is 0. The lowest BCUT2D eigenvalue weighted by atomic mass is 10.6. The highest BCUT2D eigenvalue weighted by molar-refractivity contribution is 8.58. The number of hydrogen-bond donors (Lipinski definition) is 2. The largest absolute Gasteiger partial charge is 0.313 e. The van der Waals surface area contributed by atoms with Crippen LogP contribution in [0.2, 0.25) is 0 Å². The van der Waals surface area contributed by atoms with Crippen molar-refractivity contribution in [3.05, 3.63) is 0 Å². The maximum atomic E-state index is 11.8. The molecule has 0 bridgehead atoms. The standard InChI is InChI=1S/C5H13N2OPS3/c1-3-4-12-9(8,6-5-10)7-11-2/h5H,3-4H2,1-2H3,(H2,6,7,8,10). The Bertz CT molecular complexity index is 178. The summed E-state index contributed by atoms with van der Waals surface area (Å²) in [5.74, 6) is 0.862. The van der Waals surface area contributed by atoms with Gasteiger partial charge in [-0.2, -0.15) is 4.49 Å². The first-order valence-electron chi connectivity index (χ1n) is 3.44. The summed E-state index contributed by atoms with van der Waals surface area (Å²) in [5.41, 5.74) is 1.30. The molecule has 1 atom stereocenters. The SMILES string of the molecule is CCCSP(=O)(NC=S)NSC. The second-order valence-electron chi connectivity index (χ2n) is 1.93. The fourth-order valence-corrected chi connectivity index (χ4v) is 6.03. The molecule has 72 valence electrons. The number of hydrogen-bond acceptors (Lipinski definition) is 4. The van der Waals surface area contributed by atoms with Gasteiger partial charge in [0.2, 0.25) is 0 Å². The molecule has 0 radical (unpaired) electrons. The lowest BCUT2D eigenvalue weighted by molar-refractivity contribution is 0.582. The molecule has 0 aromatic heterocycles. The molecule has 0 aromatic rings. The monoisotopic (exact) mass is 244 g/mol. The van der Waals surface area contributed by atoms with Gasteiger partial charge in [-0.05, 0) is 12.7 Å². The van der Waals surface area contributed by atoms with E-state index in [-0.39, 0.29) is 0 Å². The van der Waals surface area contributed by atoms with Gasteiger partial charge in [0.15, 0.2) is 0 Å². The Labute approximate surface area is 87.2 Å². The van der Waals surface area contributed by atoms with Gasteiger partial charge in [-0.15, -0.1) is 0 Å². The van der Waals surface area contributed by atoms with Gasteiger partial charge in [-0.25, -0.2) is 0 Å². The van der Waals surface area contributed by atoms with Crippen molar-refractivity contribution in [2.45, 2.75) is 13.3 Å². The molecule has 7 heteroatoms. The highest BCUT2D eigenvalue weighted by Crippen LogP contribution is 2.51. The summed E-state index contributed by atoms with van der Waals surface area (Å²) in [6.45, 7) is -0.467. The van der Waals surface area contributed by atoms with E-state index in [0.29, 0.717) is 0 Å². The van der Waals surface area contributed by atoms with Crippen LogP contribution in [0.4, 0.5) is 0 Å². The first-order valence-corrected chi connectivity index (χ1v) is 8.44. The van der Waals surface area contributed by atoms with Crippen LogP contribution >= 0.6 is 42.2 Å². The molecule has 0 rings (SSSR count). The highest BCUT2D eigenvalue weighted by atomic mass is 32.7. The minimum Gasteiger partial charge on any atom is -0.313 e. The van der Waals surface area contributed by atoms with Gasteiger partial charge in [0, 0.05) is 5.75 Å². The van der Waals surface area contributed by atoms with Crippen LogP contribution < -0.4 is 9.58 Å². The van der Waals surface area contributed by atoms with Gasteiger partial charge in [-0.1, -0.05) is 42.5 Å². The fraction of sp³-hybridized carbons (Fsp3) is 0.800. The molecule has 0 aliphatic heterocycles. The van der Waals surface area contributed by atoms with E-state index in [1.54, 1.807) is 0 Å². The van der Waals surface area contributed by atoms with Crippen molar-refractivity contribution < 1.29 is 4.57 Å². The van der Waals surface area contributed by atoms with Crippen molar-refractivity contribution in [1.82, 2.24) is 9.58 Å². The Balaban J connectivity index is 3.98. The maximum absolute atomic E-state index is 11.8. The molecule has 0 amide bonds. The molecule has 0 aliphatic rings. The van der Waals surface area contributed by atoms with Crippen LogP contribution in [0.15, 0.2) is 0 Å². The van der Waals surface area contributed by atoms with Crippen LogP contribution in [-0.4, -0.2) is 17.5 Å². The van der Waals surface area contributed by atoms with Crippen molar-refractivity contribution in [2.75, 3.05) is 12.0 Å². The number of nitrogens with one attached hydrogen (secondary N) is 2. The average Bonchev–Trinajstić information content (AvgIpc) is 2.02. The third kappa shape index (κ3) is 5.43. The van der Waals surface area contributed by atoms with Crippen LogP contribution in [0.3, 0.4) is 0 Å². The third-order valence-electron chi connectivity index (χ3n) is 0.911. The minimum absolute atomic E-state index is 0.862. The molecule has 1 unspecified atom stereocenters. The lowest BCUT2D eigenvalue weighted by Gasteiger charge is -2.15. The molecule has 12 heavy (non-hydrogen) atoms. The van der Waals surface area contributed by atoms with E-state index in [2.05, 4.69) is 21.8 Å². The molecule has 2 N–H and O–H groups in total. The summed E-state index contributed by atoms with van der Waals surface area (Å²) < 4.78 is 14.6. The average molecular weight is 244 g/mol. The maximum Gasteiger partial charge on any atom is 0.299 e. The van der Waals surface area contributed by atoms with Gasteiger partial charge in [-0.3, -0.25) is 4.57 Å². The molecule has 0 heterocycles. The van der Waals surface area contributed by atoms with Gasteiger partial charge < -0.3 is 5.09 Å². The van der Waals surface area contributed by atoms with Crippen molar-refractivity contribution in [3.8, 4) is 0 Å². The molecular formula is C5H13N2OPS3. The molecule has 0 saturated heterocycles. The zero-order valence-corrected chi connectivity index (χ0v) is 10.4. The Kier molecular flexibility index (Phi) is 7.68. The summed E-state index contributed by atoms with van der Waals surface area (Å²) >= 11 is 7.32. The predicted octanol–water partition coefficient (Wildman–Crippen LogP) is 2.65. The molecule has 0 aliphatic carbocycles. The van der Waals surface area contributed by atoms with E-state index >= 15 is 0 Å². The normalized spacial score (nSPS) is 15.2. The second kappa shape index (κ2) is 7.21. The highest BCUT2D eigenvalue weighted by Gasteiger charge is 2.19. The van der Waals surface area contributed by atoms with Crippen LogP contribution in [0, 0.1) is 0 Å². The summed E-state index contributed by atoms with van der Waals surface area (Å²) in [7, 11) is 0. The van der Waals surface area contributed by atoms with Crippen LogP contribution in [0.5, 0.6) is 0 Å². The van der Waals surface area contributed by atoms with Crippen molar-refractivity contribution in [2.24, 2.45) is 0 Å². The van der Waals surface area contributed by atoms with E-state index in [4.69, 9.17) is 0 Å². The van der Waals surface area contributed by atoms with E-state index in [0.717, 1.165) is 12.2 Å². The van der Waals surface area contributed by atoms with Crippen LogP contribution in [0.1, 0.15) is 13.3 Å². The zero-order valence-electron chi connectivity index (χ0n) is 7.07. The van der Waals surface area contributed by atoms with Crippen molar-refractivity contribution >= 4 is 47.7 Å². The van der Waals surface area contributed by atoms with Crippen molar-refractivity contribution in [3.63, 3.8) is 0 Å². The van der Waals surface area contributed by atoms with E-state index < -0.39 is 6.65 Å². The lowest BCUT2D eigenvalue weighted by Crippen LogP contribution is -2.13. The summed E-state index contributed by atoms with van der Waals surface area (Å²) in [5, 5.41) is 2.67. The van der Waals surface area contributed by atoms with Gasteiger partial charge in [0.1, 0.15) is 0 Å². The molecule has 0 fully saturated rings. The second-order valence-corrected chi connectivity index (χ2v) is 7.65. The van der Waals surface area contributed by atoms with Crippen LogP contribution in [0.25, 0.3) is 0 Å². The topological polar surface area (TPSA) is 41.1 Å². The summed E-state index contributed by atoms with van der Waals surface area (Å²) in [4.78, 5) is 0. The third-order valence-corrected chi connectivity index (χ3v) is 6.94. The summed E-state index contributed by atoms with van der Waals surface area (Å²) in [6.07, 6.45) is 2.84. The Morgan fingerprint density at radius 1 is 1.67 bits per heavy atom. The first-order chi connectivity index (χ1) is 5.68. The van der Waals surface area contributed by atoms with Gasteiger partial charge in [0.25, 0.3) is 6.65 Å². The Morgan fingerprint density at radius 3 is 2.75 bits per heavy atom. The Morgan fingerprint density at radius 2 is 2.33 bits per heavy atom. The van der Waals surface area contributed by atoms with Crippen molar-refractivity contribution in [1.29, 1.82) is 0 Å². The fourth-order valence-electron chi connectivity index (χ4n) is 0.499. The van der Waals surface area contributed by atoms with Gasteiger partial charge >= 0.3 is 0 Å².